The van der Waals surface area contributed by atoms with Crippen LogP contribution < -0.4 is 5.73 Å². The molecule has 1 fully saturated rings. The molecule has 3 atom stereocenters. The van der Waals surface area contributed by atoms with Crippen LogP contribution in [0.4, 0.5) is 0 Å². The van der Waals surface area contributed by atoms with Crippen LogP contribution in [0.15, 0.2) is 12.5 Å². The lowest BCUT2D eigenvalue weighted by atomic mass is 9.87. The molecular weight excluding hydrogens is 470 g/mol. The summed E-state index contributed by atoms with van der Waals surface area (Å²) in [5.74, 6) is -5.77. The molecule has 1 aliphatic rings. The number of rotatable bonds is 13. The molecule has 1 aliphatic carbocycles. The standard InChI is InChI=1S/C14H22N2O8.C6H9N3O2/c17-11(18)5-15(6-12(19)20)9-3-1-2-4-10(9)16(7-13(21)22)8-14(23)24;7-5(6(10)11)1-4-2-8-3-9-4/h9-10H,1-8H2,(H,17,18)(H,19,20)(H,21,22)(H,23,24);2-3,5H,1,7H2,(H,8,9)(H,10,11)/t;5-/m.0/s1. The quantitative estimate of drug-likeness (QED) is 0.164. The maximum atomic E-state index is 11.0. The maximum absolute atomic E-state index is 11.0. The molecule has 15 nitrogen and oxygen atoms in total. The minimum Gasteiger partial charge on any atom is -0.480 e. The summed E-state index contributed by atoms with van der Waals surface area (Å²) in [4.78, 5) is 63.5. The second kappa shape index (κ2) is 14.6. The van der Waals surface area contributed by atoms with E-state index in [0.29, 0.717) is 18.5 Å². The van der Waals surface area contributed by atoms with Crippen LogP contribution in [0.2, 0.25) is 0 Å². The van der Waals surface area contributed by atoms with Crippen LogP contribution in [0.5, 0.6) is 0 Å². The van der Waals surface area contributed by atoms with Crippen LogP contribution in [0.3, 0.4) is 0 Å². The molecule has 15 heteroatoms. The molecule has 1 aromatic rings. The fourth-order valence-corrected chi connectivity index (χ4v) is 3.93. The monoisotopic (exact) mass is 501 g/mol. The van der Waals surface area contributed by atoms with Gasteiger partial charge in [-0.05, 0) is 12.8 Å². The minimum absolute atomic E-state index is 0.263. The van der Waals surface area contributed by atoms with Crippen LogP contribution in [-0.2, 0) is 30.4 Å². The summed E-state index contributed by atoms with van der Waals surface area (Å²) in [5.41, 5.74) is 5.92. The first kappa shape index (κ1) is 29.5. The molecule has 2 unspecified atom stereocenters. The van der Waals surface area contributed by atoms with Gasteiger partial charge in [0.1, 0.15) is 6.04 Å². The molecule has 0 bridgehead atoms. The molecule has 0 amide bonds. The normalized spacial score (nSPS) is 18.4. The molecule has 0 spiro atoms. The van der Waals surface area contributed by atoms with Crippen molar-refractivity contribution in [3.63, 3.8) is 0 Å². The van der Waals surface area contributed by atoms with Crippen LogP contribution in [0.1, 0.15) is 31.4 Å². The largest absolute Gasteiger partial charge is 0.480 e. The van der Waals surface area contributed by atoms with Crippen molar-refractivity contribution in [2.24, 2.45) is 5.73 Å². The van der Waals surface area contributed by atoms with Crippen molar-refractivity contribution in [1.29, 1.82) is 0 Å². The average Bonchev–Trinajstić information content (AvgIpc) is 3.25. The Labute approximate surface area is 200 Å². The van der Waals surface area contributed by atoms with E-state index in [2.05, 4.69) is 9.97 Å². The Morgan fingerprint density at radius 2 is 1.26 bits per heavy atom. The summed E-state index contributed by atoms with van der Waals surface area (Å²) in [5, 5.41) is 44.4. The highest BCUT2D eigenvalue weighted by Gasteiger charge is 2.37. The first-order valence-electron chi connectivity index (χ1n) is 10.7. The van der Waals surface area contributed by atoms with Gasteiger partial charge in [-0.25, -0.2) is 4.98 Å². The number of hydrogen-bond acceptors (Lipinski definition) is 9. The number of hydrogen-bond donors (Lipinski definition) is 7. The Hall–Kier alpha value is -3.56. The molecule has 8 N–H and O–H groups in total. The second-order valence-corrected chi connectivity index (χ2v) is 8.01. The van der Waals surface area contributed by atoms with Gasteiger partial charge in [-0.1, -0.05) is 12.8 Å². The van der Waals surface area contributed by atoms with E-state index in [0.717, 1.165) is 12.8 Å². The lowest BCUT2D eigenvalue weighted by molar-refractivity contribution is -0.149. The molecule has 0 radical (unpaired) electrons. The first-order chi connectivity index (χ1) is 16.4. The smallest absolute Gasteiger partial charge is 0.320 e. The Morgan fingerprint density at radius 1 is 0.857 bits per heavy atom. The number of aromatic amines is 1. The Bertz CT molecular complexity index is 786. The fraction of sp³-hybridized carbons (Fsp3) is 0.600. The lowest BCUT2D eigenvalue weighted by Crippen LogP contribution is -2.57. The van der Waals surface area contributed by atoms with Gasteiger partial charge in [-0.2, -0.15) is 0 Å². The third kappa shape index (κ3) is 11.4. The summed E-state index contributed by atoms with van der Waals surface area (Å²) in [6.45, 7) is -1.99. The number of carboxylic acids is 5. The topological polar surface area (TPSA) is 248 Å². The molecule has 35 heavy (non-hydrogen) atoms. The van der Waals surface area contributed by atoms with Gasteiger partial charge in [0.05, 0.1) is 38.2 Å². The number of imidazole rings is 1. The molecule has 196 valence electrons. The van der Waals surface area contributed by atoms with Crippen molar-refractivity contribution >= 4 is 29.8 Å². The molecule has 1 heterocycles. The Morgan fingerprint density at radius 3 is 1.54 bits per heavy atom. The predicted octanol–water partition coefficient (Wildman–Crippen LogP) is -1.40. The van der Waals surface area contributed by atoms with Gasteiger partial charge in [0.2, 0.25) is 0 Å². The second-order valence-electron chi connectivity index (χ2n) is 8.01. The van der Waals surface area contributed by atoms with E-state index in [-0.39, 0.29) is 6.42 Å². The van der Waals surface area contributed by atoms with Crippen molar-refractivity contribution in [3.8, 4) is 0 Å². The maximum Gasteiger partial charge on any atom is 0.320 e. The zero-order chi connectivity index (χ0) is 26.5. The SMILES string of the molecule is N[C@@H](Cc1c[nH]cn1)C(=O)O.O=C(O)CN(CC(=O)O)C1CCCCC1N(CC(=O)O)CC(=O)O. The van der Waals surface area contributed by atoms with E-state index >= 15 is 0 Å². The van der Waals surface area contributed by atoms with Crippen molar-refractivity contribution < 1.29 is 49.5 Å². The molecule has 2 rings (SSSR count). The highest BCUT2D eigenvalue weighted by molar-refractivity contribution is 5.74. The van der Waals surface area contributed by atoms with Crippen LogP contribution >= 0.6 is 0 Å². The summed E-state index contributed by atoms with van der Waals surface area (Å²) in [7, 11) is 0. The van der Waals surface area contributed by atoms with Crippen molar-refractivity contribution in [1.82, 2.24) is 19.8 Å². The Kier molecular flexibility index (Phi) is 12.3. The minimum atomic E-state index is -1.19. The number of aromatic nitrogens is 2. The van der Waals surface area contributed by atoms with Gasteiger partial charge in [0.15, 0.2) is 0 Å². The lowest BCUT2D eigenvalue weighted by Gasteiger charge is -2.43. The van der Waals surface area contributed by atoms with Gasteiger partial charge in [0.25, 0.3) is 0 Å². The number of H-pyrrole nitrogens is 1. The van der Waals surface area contributed by atoms with Crippen LogP contribution in [0, 0.1) is 0 Å². The molecule has 0 saturated heterocycles. The molecule has 0 aliphatic heterocycles. The molecular formula is C20H31N5O10. The third-order valence-corrected chi connectivity index (χ3v) is 5.29. The summed E-state index contributed by atoms with van der Waals surface area (Å²) < 4.78 is 0. The van der Waals surface area contributed by atoms with Crippen molar-refractivity contribution in [2.75, 3.05) is 26.2 Å². The van der Waals surface area contributed by atoms with E-state index in [4.69, 9.17) is 31.3 Å². The zero-order valence-corrected chi connectivity index (χ0v) is 18.9. The summed E-state index contributed by atoms with van der Waals surface area (Å²) >= 11 is 0. The molecule has 1 aromatic heterocycles. The van der Waals surface area contributed by atoms with Gasteiger partial charge < -0.3 is 36.3 Å². The van der Waals surface area contributed by atoms with Gasteiger partial charge in [0, 0.05) is 24.7 Å². The number of carboxylic acid groups (broad SMARTS) is 5. The number of nitrogens with one attached hydrogen (secondary N) is 1. The zero-order valence-electron chi connectivity index (χ0n) is 18.9. The van der Waals surface area contributed by atoms with Gasteiger partial charge in [-0.15, -0.1) is 0 Å². The highest BCUT2D eigenvalue weighted by Crippen LogP contribution is 2.27. The van der Waals surface area contributed by atoms with E-state index in [1.807, 2.05) is 0 Å². The van der Waals surface area contributed by atoms with E-state index in [1.165, 1.54) is 16.1 Å². The van der Waals surface area contributed by atoms with Crippen molar-refractivity contribution in [2.45, 2.75) is 50.2 Å². The number of aliphatic carboxylic acids is 5. The number of carbonyl (C=O) groups is 5. The Balaban J connectivity index is 0.000000462. The number of nitrogens with two attached hydrogens (primary N) is 1. The van der Waals surface area contributed by atoms with Crippen LogP contribution in [-0.4, -0.2) is 119 Å². The number of nitrogens with zero attached hydrogens (tertiary/aromatic N) is 3. The van der Waals surface area contributed by atoms with Gasteiger partial charge >= 0.3 is 29.8 Å². The summed E-state index contributed by atoms with van der Waals surface area (Å²) in [6, 6.07) is -1.91. The van der Waals surface area contributed by atoms with E-state index in [9.17, 15) is 24.0 Å². The summed E-state index contributed by atoms with van der Waals surface area (Å²) in [6.07, 6.45) is 5.84. The fourth-order valence-electron chi connectivity index (χ4n) is 3.93. The predicted molar refractivity (Wildman–Crippen MR) is 118 cm³/mol. The van der Waals surface area contributed by atoms with Gasteiger partial charge in [-0.3, -0.25) is 33.8 Å². The molecule has 0 aromatic carbocycles. The highest BCUT2D eigenvalue weighted by atomic mass is 16.4. The average molecular weight is 501 g/mol. The van der Waals surface area contributed by atoms with E-state index in [1.54, 1.807) is 6.20 Å². The van der Waals surface area contributed by atoms with E-state index < -0.39 is 74.2 Å². The third-order valence-electron chi connectivity index (χ3n) is 5.29. The first-order valence-corrected chi connectivity index (χ1v) is 10.7. The molecule has 1 saturated carbocycles. The van der Waals surface area contributed by atoms with Crippen molar-refractivity contribution in [3.05, 3.63) is 18.2 Å². The van der Waals surface area contributed by atoms with Crippen LogP contribution in [0.25, 0.3) is 0 Å².